The van der Waals surface area contributed by atoms with E-state index in [4.69, 9.17) is 4.74 Å². The number of carbonyl (C=O) groups is 2. The summed E-state index contributed by atoms with van der Waals surface area (Å²) in [7, 11) is 0. The number of halogens is 2. The van der Waals surface area contributed by atoms with E-state index in [0.29, 0.717) is 28.8 Å². The third-order valence-corrected chi connectivity index (χ3v) is 4.43. The molecule has 1 amide bonds. The molecule has 1 aliphatic rings. The number of hydrogen-bond donors (Lipinski definition) is 0. The summed E-state index contributed by atoms with van der Waals surface area (Å²) in [4.78, 5) is 25.8. The Morgan fingerprint density at radius 1 is 1.25 bits per heavy atom. The van der Waals surface area contributed by atoms with E-state index < -0.39 is 0 Å². The average Bonchev–Trinajstić information content (AvgIpc) is 3.00. The lowest BCUT2D eigenvalue weighted by Gasteiger charge is -2.16. The van der Waals surface area contributed by atoms with Gasteiger partial charge in [0, 0.05) is 24.2 Å². The van der Waals surface area contributed by atoms with Crippen LogP contribution < -0.4 is 9.64 Å². The number of hydrogen-bond acceptors (Lipinski definition) is 3. The Kier molecular flexibility index (Phi) is 4.94. The van der Waals surface area contributed by atoms with E-state index in [1.807, 2.05) is 6.07 Å². The molecule has 1 fully saturated rings. The van der Waals surface area contributed by atoms with Gasteiger partial charge in [-0.25, -0.2) is 4.39 Å². The highest BCUT2D eigenvalue weighted by Crippen LogP contribution is 2.26. The van der Waals surface area contributed by atoms with E-state index in [0.717, 1.165) is 12.1 Å². The van der Waals surface area contributed by atoms with Crippen molar-refractivity contribution in [3.05, 3.63) is 58.3 Å². The van der Waals surface area contributed by atoms with Gasteiger partial charge in [-0.15, -0.1) is 0 Å². The summed E-state index contributed by atoms with van der Waals surface area (Å²) in [5.74, 6) is -0.120. The first-order chi connectivity index (χ1) is 11.5. The highest BCUT2D eigenvalue weighted by molar-refractivity contribution is 9.10. The minimum atomic E-state index is -0.386. The van der Waals surface area contributed by atoms with Crippen molar-refractivity contribution in [2.75, 3.05) is 18.1 Å². The van der Waals surface area contributed by atoms with Crippen LogP contribution in [-0.2, 0) is 4.79 Å². The number of anilines is 1. The number of nitrogens with zero attached hydrogens (tertiary/aromatic N) is 1. The fourth-order valence-electron chi connectivity index (χ4n) is 2.59. The van der Waals surface area contributed by atoms with E-state index in [-0.39, 0.29) is 24.1 Å². The number of benzene rings is 2. The van der Waals surface area contributed by atoms with Gasteiger partial charge in [-0.2, -0.15) is 0 Å². The topological polar surface area (TPSA) is 46.6 Å². The smallest absolute Gasteiger partial charge is 0.227 e. The van der Waals surface area contributed by atoms with Gasteiger partial charge in [-0.1, -0.05) is 12.1 Å². The highest BCUT2D eigenvalue weighted by Gasteiger charge is 2.22. The van der Waals surface area contributed by atoms with Gasteiger partial charge in [-0.05, 0) is 52.7 Å². The summed E-state index contributed by atoms with van der Waals surface area (Å²) in [5.41, 5.74) is 1.21. The molecule has 0 unspecified atom stereocenters. The number of carbonyl (C=O) groups excluding carboxylic acids is 2. The fourth-order valence-corrected chi connectivity index (χ4v) is 3.05. The number of amides is 1. The molecule has 6 heteroatoms. The van der Waals surface area contributed by atoms with Crippen LogP contribution in [-0.4, -0.2) is 24.8 Å². The molecule has 24 heavy (non-hydrogen) atoms. The summed E-state index contributed by atoms with van der Waals surface area (Å²) in [6.07, 6.45) is 1.37. The zero-order valence-electron chi connectivity index (χ0n) is 12.8. The van der Waals surface area contributed by atoms with Crippen LogP contribution in [0, 0.1) is 5.82 Å². The van der Waals surface area contributed by atoms with Gasteiger partial charge in [0.25, 0.3) is 0 Å². The fraction of sp³-hybridized carbons (Fsp3) is 0.222. The molecule has 2 aromatic carbocycles. The van der Waals surface area contributed by atoms with Crippen LogP contribution in [0.1, 0.15) is 23.2 Å². The number of ketones is 1. The average molecular weight is 392 g/mol. The minimum Gasteiger partial charge on any atom is -0.484 e. The lowest BCUT2D eigenvalue weighted by molar-refractivity contribution is -0.117. The zero-order valence-corrected chi connectivity index (χ0v) is 14.4. The summed E-state index contributed by atoms with van der Waals surface area (Å²) >= 11 is 3.20. The Labute approximate surface area is 147 Å². The second-order valence-corrected chi connectivity index (χ2v) is 6.34. The molecule has 0 N–H and O–H groups in total. The first-order valence-corrected chi connectivity index (χ1v) is 8.35. The molecule has 0 radical (unpaired) electrons. The SMILES string of the molecule is O=C(COc1ccc(F)cc1Br)c1cccc(N2CCCC2=O)c1. The van der Waals surface area contributed by atoms with E-state index in [1.165, 1.54) is 18.2 Å². The molecular weight excluding hydrogens is 377 g/mol. The quantitative estimate of drug-likeness (QED) is 0.724. The molecule has 0 aliphatic carbocycles. The number of ether oxygens (including phenoxy) is 1. The number of rotatable bonds is 5. The first kappa shape index (κ1) is 16.6. The van der Waals surface area contributed by atoms with Crippen molar-refractivity contribution in [3.8, 4) is 5.75 Å². The molecule has 1 saturated heterocycles. The highest BCUT2D eigenvalue weighted by atomic mass is 79.9. The maximum Gasteiger partial charge on any atom is 0.227 e. The van der Waals surface area contributed by atoms with Crippen LogP contribution in [0.3, 0.4) is 0 Å². The third-order valence-electron chi connectivity index (χ3n) is 3.81. The van der Waals surface area contributed by atoms with Crippen molar-refractivity contribution in [2.45, 2.75) is 12.8 Å². The van der Waals surface area contributed by atoms with Crippen LogP contribution in [0.2, 0.25) is 0 Å². The Bertz CT molecular complexity index is 794. The van der Waals surface area contributed by atoms with Crippen molar-refractivity contribution < 1.29 is 18.7 Å². The molecule has 124 valence electrons. The van der Waals surface area contributed by atoms with E-state index in [9.17, 15) is 14.0 Å². The van der Waals surface area contributed by atoms with Crippen molar-refractivity contribution in [2.24, 2.45) is 0 Å². The van der Waals surface area contributed by atoms with Crippen molar-refractivity contribution in [1.82, 2.24) is 0 Å². The Morgan fingerprint density at radius 3 is 2.79 bits per heavy atom. The minimum absolute atomic E-state index is 0.0751. The van der Waals surface area contributed by atoms with Gasteiger partial charge in [0.2, 0.25) is 5.91 Å². The maximum atomic E-state index is 13.1. The van der Waals surface area contributed by atoms with Crippen molar-refractivity contribution >= 4 is 33.3 Å². The molecule has 0 aromatic heterocycles. The van der Waals surface area contributed by atoms with Gasteiger partial charge < -0.3 is 9.64 Å². The van der Waals surface area contributed by atoms with Gasteiger partial charge >= 0.3 is 0 Å². The first-order valence-electron chi connectivity index (χ1n) is 7.56. The number of Topliss-reactive ketones (excluding diaryl/α,β-unsaturated/α-hetero) is 1. The van der Waals surface area contributed by atoms with Crippen molar-refractivity contribution in [3.63, 3.8) is 0 Å². The van der Waals surface area contributed by atoms with Gasteiger partial charge in [-0.3, -0.25) is 9.59 Å². The molecule has 4 nitrogen and oxygen atoms in total. The van der Waals surface area contributed by atoms with Crippen molar-refractivity contribution in [1.29, 1.82) is 0 Å². The normalized spacial score (nSPS) is 14.1. The standard InChI is InChI=1S/C18H15BrFNO3/c19-15-10-13(20)6-7-17(15)24-11-16(22)12-3-1-4-14(9-12)21-8-2-5-18(21)23/h1,3-4,6-7,9-10H,2,5,8,11H2. The Balaban J connectivity index is 1.70. The van der Waals surface area contributed by atoms with Crippen LogP contribution >= 0.6 is 15.9 Å². The van der Waals surface area contributed by atoms with E-state index in [2.05, 4.69) is 15.9 Å². The molecule has 0 saturated carbocycles. The molecular formula is C18H15BrFNO3. The van der Waals surface area contributed by atoms with E-state index >= 15 is 0 Å². The van der Waals surface area contributed by atoms with Crippen LogP contribution in [0.25, 0.3) is 0 Å². The predicted octanol–water partition coefficient (Wildman–Crippen LogP) is 3.98. The summed E-state index contributed by atoms with van der Waals surface area (Å²) in [5, 5.41) is 0. The second kappa shape index (κ2) is 7.13. The molecule has 1 heterocycles. The third kappa shape index (κ3) is 3.64. The van der Waals surface area contributed by atoms with E-state index in [1.54, 1.807) is 23.1 Å². The second-order valence-electron chi connectivity index (χ2n) is 5.49. The Morgan fingerprint density at radius 2 is 2.08 bits per heavy atom. The lowest BCUT2D eigenvalue weighted by atomic mass is 10.1. The molecule has 3 rings (SSSR count). The molecule has 1 aliphatic heterocycles. The monoisotopic (exact) mass is 391 g/mol. The molecule has 0 bridgehead atoms. The maximum absolute atomic E-state index is 13.1. The van der Waals surface area contributed by atoms with Gasteiger partial charge in [0.05, 0.1) is 4.47 Å². The summed E-state index contributed by atoms with van der Waals surface area (Å²) < 4.78 is 19.0. The van der Waals surface area contributed by atoms with Crippen LogP contribution in [0.4, 0.5) is 10.1 Å². The van der Waals surface area contributed by atoms with Crippen LogP contribution in [0.5, 0.6) is 5.75 Å². The largest absolute Gasteiger partial charge is 0.484 e. The lowest BCUT2D eigenvalue weighted by Crippen LogP contribution is -2.24. The van der Waals surface area contributed by atoms with Gasteiger partial charge in [0.15, 0.2) is 12.4 Å². The molecule has 0 spiro atoms. The predicted molar refractivity (Wildman–Crippen MR) is 92.0 cm³/mol. The van der Waals surface area contributed by atoms with Crippen LogP contribution in [0.15, 0.2) is 46.9 Å². The van der Waals surface area contributed by atoms with Gasteiger partial charge in [0.1, 0.15) is 11.6 Å². The Hall–Kier alpha value is -2.21. The summed E-state index contributed by atoms with van der Waals surface area (Å²) in [6.45, 7) is 0.511. The summed E-state index contributed by atoms with van der Waals surface area (Å²) in [6, 6.07) is 11.0. The molecule has 2 aromatic rings. The molecule has 0 atom stereocenters. The zero-order chi connectivity index (χ0) is 17.1.